The van der Waals surface area contributed by atoms with Crippen LogP contribution in [0.3, 0.4) is 0 Å². The number of nitrogens with one attached hydrogen (secondary N) is 1. The van der Waals surface area contributed by atoms with Crippen molar-refractivity contribution in [2.45, 2.75) is 24.2 Å². The van der Waals surface area contributed by atoms with Crippen LogP contribution >= 0.6 is 34.4 Å². The Morgan fingerprint density at radius 2 is 2.33 bits per heavy atom. The zero-order valence-corrected chi connectivity index (χ0v) is 14.5. The second-order valence-electron chi connectivity index (χ2n) is 4.42. The van der Waals surface area contributed by atoms with Crippen molar-refractivity contribution in [3.63, 3.8) is 0 Å². The van der Waals surface area contributed by atoms with E-state index >= 15 is 0 Å². The van der Waals surface area contributed by atoms with Gasteiger partial charge in [-0.25, -0.2) is 0 Å². The van der Waals surface area contributed by atoms with E-state index in [9.17, 15) is 4.79 Å². The summed E-state index contributed by atoms with van der Waals surface area (Å²) in [6.45, 7) is 3.66. The van der Waals surface area contributed by atoms with Crippen LogP contribution in [0.25, 0.3) is 0 Å². The van der Waals surface area contributed by atoms with Gasteiger partial charge in [-0.2, -0.15) is 0 Å². The Bertz CT molecular complexity index is 556. The monoisotopic (exact) mass is 342 g/mol. The molecule has 2 heterocycles. The standard InChI is InChI=1S/C13H18N4OS3/c1-3-6-14-12-15-16-13(21-12)20-9-11(18)17(2)8-10-5-4-7-19-10/h4-5,7H,3,6,8-9H2,1-2H3,(H,14,15). The minimum Gasteiger partial charge on any atom is -0.360 e. The summed E-state index contributed by atoms with van der Waals surface area (Å²) in [5.74, 6) is 0.497. The molecule has 1 amide bonds. The highest BCUT2D eigenvalue weighted by molar-refractivity contribution is 8.01. The molecule has 114 valence electrons. The van der Waals surface area contributed by atoms with Gasteiger partial charge < -0.3 is 10.2 Å². The Balaban J connectivity index is 1.76. The van der Waals surface area contributed by atoms with Crippen molar-refractivity contribution in [3.8, 4) is 0 Å². The van der Waals surface area contributed by atoms with Crippen molar-refractivity contribution >= 4 is 45.5 Å². The first-order valence-electron chi connectivity index (χ1n) is 6.65. The molecule has 0 unspecified atom stereocenters. The molecule has 1 N–H and O–H groups in total. The van der Waals surface area contributed by atoms with Crippen molar-refractivity contribution < 1.29 is 4.79 Å². The molecule has 0 aliphatic rings. The quantitative estimate of drug-likeness (QED) is 0.747. The molecule has 0 spiro atoms. The summed E-state index contributed by atoms with van der Waals surface area (Å²) >= 11 is 4.60. The fraction of sp³-hybridized carbons (Fsp3) is 0.462. The highest BCUT2D eigenvalue weighted by atomic mass is 32.2. The second kappa shape index (κ2) is 8.35. The first-order valence-corrected chi connectivity index (χ1v) is 9.33. The van der Waals surface area contributed by atoms with Crippen molar-refractivity contribution in [2.24, 2.45) is 0 Å². The number of aromatic nitrogens is 2. The van der Waals surface area contributed by atoms with E-state index in [4.69, 9.17) is 0 Å². The molecule has 0 aliphatic carbocycles. The lowest BCUT2D eigenvalue weighted by atomic mass is 10.4. The summed E-state index contributed by atoms with van der Waals surface area (Å²) in [7, 11) is 1.83. The van der Waals surface area contributed by atoms with Gasteiger partial charge in [0.25, 0.3) is 0 Å². The molecule has 0 fully saturated rings. The topological polar surface area (TPSA) is 58.1 Å². The van der Waals surface area contributed by atoms with Crippen molar-refractivity contribution in [1.29, 1.82) is 0 Å². The summed E-state index contributed by atoms with van der Waals surface area (Å²) < 4.78 is 0.825. The summed E-state index contributed by atoms with van der Waals surface area (Å²) in [6, 6.07) is 4.04. The number of nitrogens with zero attached hydrogens (tertiary/aromatic N) is 3. The predicted octanol–water partition coefficient (Wildman–Crippen LogP) is 3.17. The van der Waals surface area contributed by atoms with Crippen LogP contribution < -0.4 is 5.32 Å². The third-order valence-electron chi connectivity index (χ3n) is 2.65. The smallest absolute Gasteiger partial charge is 0.233 e. The van der Waals surface area contributed by atoms with E-state index in [2.05, 4.69) is 22.4 Å². The van der Waals surface area contributed by atoms with Crippen LogP contribution in [-0.2, 0) is 11.3 Å². The number of amides is 1. The minimum absolute atomic E-state index is 0.103. The van der Waals surface area contributed by atoms with E-state index in [0.29, 0.717) is 12.3 Å². The maximum absolute atomic E-state index is 12.1. The van der Waals surface area contributed by atoms with Crippen molar-refractivity contribution in [3.05, 3.63) is 22.4 Å². The lowest BCUT2D eigenvalue weighted by molar-refractivity contribution is -0.127. The first kappa shape index (κ1) is 16.3. The van der Waals surface area contributed by atoms with Crippen LogP contribution in [0.15, 0.2) is 21.9 Å². The molecule has 2 aromatic heterocycles. The predicted molar refractivity (Wildman–Crippen MR) is 90.2 cm³/mol. The molecule has 0 atom stereocenters. The van der Waals surface area contributed by atoms with Crippen LogP contribution in [0, 0.1) is 0 Å². The average molecular weight is 343 g/mol. The lowest BCUT2D eigenvalue weighted by Gasteiger charge is -2.15. The fourth-order valence-electron chi connectivity index (χ4n) is 1.53. The molecule has 0 saturated heterocycles. The van der Waals surface area contributed by atoms with Gasteiger partial charge in [0, 0.05) is 18.5 Å². The van der Waals surface area contributed by atoms with Gasteiger partial charge in [0.15, 0.2) is 4.34 Å². The lowest BCUT2D eigenvalue weighted by Crippen LogP contribution is -2.27. The van der Waals surface area contributed by atoms with Gasteiger partial charge in [-0.1, -0.05) is 36.1 Å². The van der Waals surface area contributed by atoms with Crippen LogP contribution in [0.4, 0.5) is 5.13 Å². The molecule has 8 heteroatoms. The van der Waals surface area contributed by atoms with E-state index in [0.717, 1.165) is 22.4 Å². The Morgan fingerprint density at radius 3 is 3.05 bits per heavy atom. The Kier molecular flexibility index (Phi) is 6.47. The molecule has 0 aliphatic heterocycles. The number of carbonyl (C=O) groups excluding carboxylic acids is 1. The van der Waals surface area contributed by atoms with Gasteiger partial charge in [-0.15, -0.1) is 21.5 Å². The molecule has 2 aromatic rings. The second-order valence-corrected chi connectivity index (χ2v) is 7.65. The maximum atomic E-state index is 12.1. The number of anilines is 1. The Morgan fingerprint density at radius 1 is 1.48 bits per heavy atom. The molecule has 0 saturated carbocycles. The normalized spacial score (nSPS) is 10.6. The molecule has 21 heavy (non-hydrogen) atoms. The van der Waals surface area contributed by atoms with E-state index in [1.807, 2.05) is 24.6 Å². The average Bonchev–Trinajstić information content (AvgIpc) is 3.14. The maximum Gasteiger partial charge on any atom is 0.233 e. The zero-order valence-electron chi connectivity index (χ0n) is 12.0. The summed E-state index contributed by atoms with van der Waals surface area (Å²) in [5, 5.41) is 14.2. The highest BCUT2D eigenvalue weighted by Gasteiger charge is 2.12. The number of rotatable bonds is 8. The molecule has 0 bridgehead atoms. The third-order valence-corrected chi connectivity index (χ3v) is 5.51. The van der Waals surface area contributed by atoms with Gasteiger partial charge in [0.2, 0.25) is 11.0 Å². The SMILES string of the molecule is CCCNc1nnc(SCC(=O)N(C)Cc2cccs2)s1. The third kappa shape index (κ3) is 5.29. The Labute approximate surface area is 136 Å². The van der Waals surface area contributed by atoms with E-state index < -0.39 is 0 Å². The largest absolute Gasteiger partial charge is 0.360 e. The van der Waals surface area contributed by atoms with Crippen molar-refractivity contribution in [1.82, 2.24) is 15.1 Å². The van der Waals surface area contributed by atoms with E-state index in [1.54, 1.807) is 16.2 Å². The number of carbonyl (C=O) groups is 1. The van der Waals surface area contributed by atoms with Gasteiger partial charge in [-0.05, 0) is 17.9 Å². The minimum atomic E-state index is 0.103. The van der Waals surface area contributed by atoms with Crippen molar-refractivity contribution in [2.75, 3.05) is 24.7 Å². The molecule has 0 radical (unpaired) electrons. The number of thioether (sulfide) groups is 1. The van der Waals surface area contributed by atoms with Crippen LogP contribution in [-0.4, -0.2) is 40.3 Å². The number of thiophene rings is 1. The summed E-state index contributed by atoms with van der Waals surface area (Å²) in [4.78, 5) is 15.0. The number of hydrogen-bond donors (Lipinski definition) is 1. The summed E-state index contributed by atoms with van der Waals surface area (Å²) in [5.41, 5.74) is 0. The van der Waals surface area contributed by atoms with Gasteiger partial charge in [0.1, 0.15) is 0 Å². The highest BCUT2D eigenvalue weighted by Crippen LogP contribution is 2.25. The molecule has 5 nitrogen and oxygen atoms in total. The van der Waals surface area contributed by atoms with Gasteiger partial charge in [-0.3, -0.25) is 4.79 Å². The van der Waals surface area contributed by atoms with E-state index in [-0.39, 0.29) is 5.91 Å². The van der Waals surface area contributed by atoms with Gasteiger partial charge in [0.05, 0.1) is 12.3 Å². The zero-order chi connectivity index (χ0) is 15.1. The molecular weight excluding hydrogens is 324 g/mol. The number of hydrogen-bond acceptors (Lipinski definition) is 7. The van der Waals surface area contributed by atoms with Gasteiger partial charge >= 0.3 is 0 Å². The Hall–Kier alpha value is -1.12. The molecular formula is C13H18N4OS3. The fourth-order valence-corrected chi connectivity index (χ4v) is 4.00. The molecule has 0 aromatic carbocycles. The van der Waals surface area contributed by atoms with Crippen LogP contribution in [0.5, 0.6) is 0 Å². The first-order chi connectivity index (χ1) is 10.2. The molecule has 2 rings (SSSR count). The van der Waals surface area contributed by atoms with E-state index in [1.165, 1.54) is 28.0 Å². The van der Waals surface area contributed by atoms with Crippen LogP contribution in [0.2, 0.25) is 0 Å². The van der Waals surface area contributed by atoms with Crippen LogP contribution in [0.1, 0.15) is 18.2 Å². The summed E-state index contributed by atoms with van der Waals surface area (Å²) in [6.07, 6.45) is 1.05.